The van der Waals surface area contributed by atoms with Crippen molar-refractivity contribution in [3.63, 3.8) is 0 Å². The molecule has 11 heteroatoms. The summed E-state index contributed by atoms with van der Waals surface area (Å²) in [5.41, 5.74) is 1.93. The second kappa shape index (κ2) is 10.8. The van der Waals surface area contributed by atoms with Crippen LogP contribution < -0.4 is 10.1 Å². The van der Waals surface area contributed by atoms with E-state index < -0.39 is 4.92 Å². The lowest BCUT2D eigenvalue weighted by molar-refractivity contribution is -0.384. The Bertz CT molecular complexity index is 1390. The number of carbonyl (C=O) groups is 1. The van der Waals surface area contributed by atoms with Gasteiger partial charge < -0.3 is 10.1 Å². The van der Waals surface area contributed by atoms with Crippen molar-refractivity contribution in [2.24, 2.45) is 0 Å². The van der Waals surface area contributed by atoms with Crippen molar-refractivity contribution < 1.29 is 14.5 Å². The molecule has 0 fully saturated rings. The van der Waals surface area contributed by atoms with Gasteiger partial charge in [-0.1, -0.05) is 65.1 Å². The lowest BCUT2D eigenvalue weighted by Crippen LogP contribution is -2.13. The molecule has 0 atom stereocenters. The summed E-state index contributed by atoms with van der Waals surface area (Å²) in [6, 6.07) is 18.1. The summed E-state index contributed by atoms with van der Waals surface area (Å²) in [5.74, 6) is 0.186. The maximum atomic E-state index is 12.7. The average molecular weight is 532 g/mol. The van der Waals surface area contributed by atoms with Crippen LogP contribution in [0.1, 0.15) is 21.5 Å². The minimum atomic E-state index is -0.532. The Morgan fingerprint density at radius 1 is 1.00 bits per heavy atom. The van der Waals surface area contributed by atoms with Gasteiger partial charge in [0.15, 0.2) is 5.82 Å². The van der Waals surface area contributed by atoms with Gasteiger partial charge in [0.2, 0.25) is 0 Å². The fourth-order valence-electron chi connectivity index (χ4n) is 3.18. The topological polar surface area (TPSA) is 99.3 Å². The number of nitrogens with one attached hydrogen (secondary N) is 1. The van der Waals surface area contributed by atoms with E-state index in [0.717, 1.165) is 11.1 Å². The normalized spacial score (nSPS) is 10.7. The van der Waals surface area contributed by atoms with Crippen LogP contribution in [0, 0.1) is 10.1 Å². The Morgan fingerprint density at radius 2 is 1.74 bits per heavy atom. The van der Waals surface area contributed by atoms with E-state index in [0.29, 0.717) is 27.9 Å². The van der Waals surface area contributed by atoms with Gasteiger partial charge in [-0.3, -0.25) is 19.6 Å². The predicted molar refractivity (Wildman–Crippen MR) is 135 cm³/mol. The summed E-state index contributed by atoms with van der Waals surface area (Å²) in [6.45, 7) is 0.570. The third kappa shape index (κ3) is 6.10. The molecule has 8 nitrogen and oxygen atoms in total. The number of hydrogen-bond acceptors (Lipinski definition) is 5. The number of halogens is 3. The average Bonchev–Trinajstić information content (AvgIpc) is 3.18. The summed E-state index contributed by atoms with van der Waals surface area (Å²) in [7, 11) is 0. The van der Waals surface area contributed by atoms with Crippen molar-refractivity contribution in [3.05, 3.63) is 115 Å². The largest absolute Gasteiger partial charge is 0.487 e. The molecule has 1 N–H and O–H groups in total. The molecule has 3 aromatic carbocycles. The van der Waals surface area contributed by atoms with Gasteiger partial charge in [0.25, 0.3) is 11.6 Å². The molecule has 178 valence electrons. The number of benzene rings is 3. The molecule has 0 bridgehead atoms. The van der Waals surface area contributed by atoms with Crippen molar-refractivity contribution >= 4 is 52.2 Å². The summed E-state index contributed by atoms with van der Waals surface area (Å²) in [4.78, 5) is 22.9. The zero-order chi connectivity index (χ0) is 24.9. The van der Waals surface area contributed by atoms with Crippen LogP contribution in [0.3, 0.4) is 0 Å². The predicted octanol–water partition coefficient (Wildman–Crippen LogP) is 6.63. The van der Waals surface area contributed by atoms with Crippen LogP contribution in [0.5, 0.6) is 5.75 Å². The first-order valence-corrected chi connectivity index (χ1v) is 11.4. The lowest BCUT2D eigenvalue weighted by atomic mass is 10.1. The first-order valence-electron chi connectivity index (χ1n) is 10.2. The number of ether oxygens (including phenoxy) is 1. The van der Waals surface area contributed by atoms with Crippen LogP contribution in [-0.4, -0.2) is 20.6 Å². The Hall–Kier alpha value is -3.59. The highest BCUT2D eigenvalue weighted by molar-refractivity contribution is 6.33. The number of hydrogen-bond donors (Lipinski definition) is 1. The quantitative estimate of drug-likeness (QED) is 0.203. The summed E-state index contributed by atoms with van der Waals surface area (Å²) < 4.78 is 7.23. The van der Waals surface area contributed by atoms with E-state index in [-0.39, 0.29) is 29.0 Å². The monoisotopic (exact) mass is 530 g/mol. The van der Waals surface area contributed by atoms with E-state index in [1.54, 1.807) is 41.2 Å². The molecule has 0 aliphatic heterocycles. The standard InChI is InChI=1S/C24H17Cl3N4O4/c25-19-4-2-1-3-17(19)12-30-13-21(27)23(29-30)28-24(32)16-7-5-15(6-8-16)14-35-22-10-9-18(31(33)34)11-20(22)26/h1-11,13H,12,14H2,(H,28,29,32). The highest BCUT2D eigenvalue weighted by atomic mass is 35.5. The zero-order valence-electron chi connectivity index (χ0n) is 18.0. The fourth-order valence-corrected chi connectivity index (χ4v) is 3.80. The van der Waals surface area contributed by atoms with Crippen LogP contribution in [-0.2, 0) is 13.2 Å². The van der Waals surface area contributed by atoms with Gasteiger partial charge in [0, 0.05) is 28.9 Å². The molecule has 4 aromatic rings. The molecule has 0 unspecified atom stereocenters. The lowest BCUT2D eigenvalue weighted by Gasteiger charge is -2.09. The van der Waals surface area contributed by atoms with Crippen LogP contribution in [0.2, 0.25) is 15.1 Å². The van der Waals surface area contributed by atoms with Crippen molar-refractivity contribution in [3.8, 4) is 5.75 Å². The van der Waals surface area contributed by atoms with E-state index in [1.165, 1.54) is 18.2 Å². The Kier molecular flexibility index (Phi) is 7.55. The van der Waals surface area contributed by atoms with Gasteiger partial charge in [0.05, 0.1) is 16.5 Å². The molecule has 1 amide bonds. The second-order valence-corrected chi connectivity index (χ2v) is 8.65. The minimum absolute atomic E-state index is 0.119. The zero-order valence-corrected chi connectivity index (χ0v) is 20.2. The van der Waals surface area contributed by atoms with Gasteiger partial charge in [-0.25, -0.2) is 0 Å². The van der Waals surface area contributed by atoms with Crippen molar-refractivity contribution in [2.45, 2.75) is 13.2 Å². The van der Waals surface area contributed by atoms with Gasteiger partial charge in [0.1, 0.15) is 17.4 Å². The van der Waals surface area contributed by atoms with Crippen LogP contribution in [0.4, 0.5) is 11.5 Å². The number of nitro benzene ring substituents is 1. The van der Waals surface area contributed by atoms with Crippen molar-refractivity contribution in [1.29, 1.82) is 0 Å². The first kappa shape index (κ1) is 24.5. The van der Waals surface area contributed by atoms with E-state index >= 15 is 0 Å². The maximum absolute atomic E-state index is 12.7. The first-order chi connectivity index (χ1) is 16.8. The summed E-state index contributed by atoms with van der Waals surface area (Å²) >= 11 is 18.5. The number of carbonyl (C=O) groups excluding carboxylic acids is 1. The molecular formula is C24H17Cl3N4O4. The number of non-ortho nitro benzene ring substituents is 1. The molecule has 4 rings (SSSR count). The molecule has 0 saturated heterocycles. The third-order valence-corrected chi connectivity index (χ3v) is 5.92. The van der Waals surface area contributed by atoms with Crippen LogP contribution >= 0.6 is 34.8 Å². The van der Waals surface area contributed by atoms with Crippen molar-refractivity contribution in [1.82, 2.24) is 9.78 Å². The van der Waals surface area contributed by atoms with Crippen LogP contribution in [0.25, 0.3) is 0 Å². The number of aromatic nitrogens is 2. The smallest absolute Gasteiger partial charge is 0.271 e. The number of nitro groups is 1. The second-order valence-electron chi connectivity index (χ2n) is 7.43. The molecule has 0 aliphatic carbocycles. The summed E-state index contributed by atoms with van der Waals surface area (Å²) in [6.07, 6.45) is 1.62. The van der Waals surface area contributed by atoms with Gasteiger partial charge >= 0.3 is 0 Å². The highest BCUT2D eigenvalue weighted by Crippen LogP contribution is 2.29. The van der Waals surface area contributed by atoms with E-state index in [1.807, 2.05) is 18.2 Å². The molecule has 0 saturated carbocycles. The molecule has 1 heterocycles. The number of amides is 1. The van der Waals surface area contributed by atoms with Gasteiger partial charge in [-0.05, 0) is 35.4 Å². The Morgan fingerprint density at radius 3 is 2.43 bits per heavy atom. The Balaban J connectivity index is 1.37. The number of anilines is 1. The van der Waals surface area contributed by atoms with Crippen LogP contribution in [0.15, 0.2) is 72.9 Å². The van der Waals surface area contributed by atoms with Gasteiger partial charge in [-0.2, -0.15) is 5.10 Å². The number of rotatable bonds is 8. The molecule has 35 heavy (non-hydrogen) atoms. The highest BCUT2D eigenvalue weighted by Gasteiger charge is 2.14. The van der Waals surface area contributed by atoms with E-state index in [4.69, 9.17) is 39.5 Å². The molecule has 1 aromatic heterocycles. The third-order valence-electron chi connectivity index (χ3n) is 4.98. The van der Waals surface area contributed by atoms with E-state index in [2.05, 4.69) is 10.4 Å². The van der Waals surface area contributed by atoms with E-state index in [9.17, 15) is 14.9 Å². The maximum Gasteiger partial charge on any atom is 0.271 e. The molecule has 0 spiro atoms. The minimum Gasteiger partial charge on any atom is -0.487 e. The van der Waals surface area contributed by atoms with Crippen molar-refractivity contribution in [2.75, 3.05) is 5.32 Å². The summed E-state index contributed by atoms with van der Waals surface area (Å²) in [5, 5.41) is 18.9. The fraction of sp³-hybridized carbons (Fsp3) is 0.0833. The molecular weight excluding hydrogens is 515 g/mol. The van der Waals surface area contributed by atoms with Gasteiger partial charge in [-0.15, -0.1) is 0 Å². The number of nitrogens with zero attached hydrogens (tertiary/aromatic N) is 3. The molecule has 0 radical (unpaired) electrons. The molecule has 0 aliphatic rings. The SMILES string of the molecule is O=C(Nc1nn(Cc2ccccc2Cl)cc1Cl)c1ccc(COc2ccc([N+](=O)[O-])cc2Cl)cc1. The Labute approximate surface area is 215 Å².